The lowest BCUT2D eigenvalue weighted by Gasteiger charge is -2.24. The third-order valence-electron chi connectivity index (χ3n) is 4.74. The molecule has 0 aliphatic carbocycles. The number of nitrogens with zero attached hydrogens (tertiary/aromatic N) is 2. The zero-order chi connectivity index (χ0) is 19.4. The highest BCUT2D eigenvalue weighted by Gasteiger charge is 2.26. The van der Waals surface area contributed by atoms with E-state index in [2.05, 4.69) is 20.6 Å². The second-order valence-corrected chi connectivity index (χ2v) is 7.19. The highest BCUT2D eigenvalue weighted by atomic mass is 35.5. The number of halogens is 1. The van der Waals surface area contributed by atoms with E-state index in [1.807, 2.05) is 13.8 Å². The van der Waals surface area contributed by atoms with Gasteiger partial charge in [-0.05, 0) is 51.9 Å². The third-order valence-corrected chi connectivity index (χ3v) is 4.97. The van der Waals surface area contributed by atoms with Crippen molar-refractivity contribution in [3.05, 3.63) is 57.6 Å². The number of aryl methyl sites for hydroxylation is 2. The van der Waals surface area contributed by atoms with E-state index >= 15 is 0 Å². The summed E-state index contributed by atoms with van der Waals surface area (Å²) in [6.07, 6.45) is 1.86. The average molecular weight is 387 g/mol. The molecule has 1 aromatic carbocycles. The molecule has 2 N–H and O–H groups in total. The molecule has 0 spiro atoms. The number of nitrogens with one attached hydrogen (secondary N) is 2. The van der Waals surface area contributed by atoms with Crippen molar-refractivity contribution in [1.29, 1.82) is 0 Å². The highest BCUT2D eigenvalue weighted by Crippen LogP contribution is 2.27. The monoisotopic (exact) mass is 386 g/mol. The molecule has 0 atom stereocenters. The van der Waals surface area contributed by atoms with E-state index in [0.717, 1.165) is 31.6 Å². The van der Waals surface area contributed by atoms with Gasteiger partial charge in [-0.3, -0.25) is 9.59 Å². The van der Waals surface area contributed by atoms with Crippen LogP contribution in [0, 0.1) is 13.8 Å². The Kier molecular flexibility index (Phi) is 6.19. The van der Waals surface area contributed by atoms with Gasteiger partial charge >= 0.3 is 0 Å². The molecule has 1 aliphatic rings. The second kappa shape index (κ2) is 8.59. The van der Waals surface area contributed by atoms with Gasteiger partial charge in [-0.15, -0.1) is 0 Å². The largest absolute Gasteiger partial charge is 0.344 e. The number of hydrogen-bond donors (Lipinski definition) is 2. The predicted octanol–water partition coefficient (Wildman–Crippen LogP) is 2.83. The molecule has 0 bridgehead atoms. The third kappa shape index (κ3) is 4.70. The number of hydrogen-bond acceptors (Lipinski definition) is 5. The minimum atomic E-state index is -0.309. The van der Waals surface area contributed by atoms with Crippen molar-refractivity contribution in [2.24, 2.45) is 0 Å². The number of aromatic nitrogens is 2. The smallest absolute Gasteiger partial charge is 0.255 e. The van der Waals surface area contributed by atoms with E-state index in [-0.39, 0.29) is 24.2 Å². The predicted molar refractivity (Wildman–Crippen MR) is 104 cm³/mol. The topological polar surface area (TPSA) is 84.0 Å². The molecule has 3 rings (SSSR count). The number of amides is 1. The molecular weight excluding hydrogens is 364 g/mol. The van der Waals surface area contributed by atoms with Crippen LogP contribution >= 0.6 is 11.6 Å². The van der Waals surface area contributed by atoms with Gasteiger partial charge in [-0.25, -0.2) is 9.97 Å². The zero-order valence-electron chi connectivity index (χ0n) is 15.5. The van der Waals surface area contributed by atoms with Crippen LogP contribution in [-0.4, -0.2) is 41.3 Å². The van der Waals surface area contributed by atoms with Crippen LogP contribution in [0.2, 0.25) is 5.02 Å². The van der Waals surface area contributed by atoms with Crippen LogP contribution in [-0.2, 0) is 0 Å². The van der Waals surface area contributed by atoms with E-state index in [1.54, 1.807) is 24.3 Å². The molecule has 0 radical (unpaired) electrons. The van der Waals surface area contributed by atoms with Crippen LogP contribution in [0.1, 0.15) is 56.7 Å². The maximum atomic E-state index is 12.9. The molecule has 1 aromatic heterocycles. The average Bonchev–Trinajstić information content (AvgIpc) is 2.66. The lowest BCUT2D eigenvalue weighted by Crippen LogP contribution is -2.33. The van der Waals surface area contributed by atoms with Gasteiger partial charge in [-0.2, -0.15) is 0 Å². The van der Waals surface area contributed by atoms with Crippen LogP contribution in [0.15, 0.2) is 24.3 Å². The van der Waals surface area contributed by atoms with E-state index in [1.165, 1.54) is 0 Å². The maximum Gasteiger partial charge on any atom is 0.255 e. The van der Waals surface area contributed by atoms with Crippen molar-refractivity contribution in [3.8, 4) is 0 Å². The first-order valence-electron chi connectivity index (χ1n) is 9.08. The van der Waals surface area contributed by atoms with Crippen LogP contribution in [0.25, 0.3) is 0 Å². The molecule has 1 fully saturated rings. The van der Waals surface area contributed by atoms with Gasteiger partial charge in [0.25, 0.3) is 5.91 Å². The SMILES string of the molecule is Cc1nc(C)c(C(=O)NCC(=O)c2cccc(Cl)c2)c(C2CCNCC2)n1. The highest BCUT2D eigenvalue weighted by molar-refractivity contribution is 6.31. The Morgan fingerprint density at radius 1 is 1.22 bits per heavy atom. The fraction of sp³-hybridized carbons (Fsp3) is 0.400. The van der Waals surface area contributed by atoms with E-state index in [9.17, 15) is 9.59 Å². The van der Waals surface area contributed by atoms with E-state index < -0.39 is 0 Å². The van der Waals surface area contributed by atoms with Crippen LogP contribution < -0.4 is 10.6 Å². The Labute approximate surface area is 163 Å². The molecule has 7 heteroatoms. The van der Waals surface area contributed by atoms with Crippen molar-refractivity contribution in [2.75, 3.05) is 19.6 Å². The van der Waals surface area contributed by atoms with Gasteiger partial charge in [0.05, 0.1) is 23.5 Å². The number of carbonyl (C=O) groups is 2. The van der Waals surface area contributed by atoms with E-state index in [0.29, 0.717) is 27.7 Å². The van der Waals surface area contributed by atoms with Gasteiger partial charge in [-0.1, -0.05) is 23.7 Å². The Hall–Kier alpha value is -2.31. The van der Waals surface area contributed by atoms with Gasteiger partial charge in [0, 0.05) is 16.5 Å². The Balaban J connectivity index is 1.78. The second-order valence-electron chi connectivity index (χ2n) is 6.76. The molecule has 27 heavy (non-hydrogen) atoms. The van der Waals surface area contributed by atoms with Crippen molar-refractivity contribution in [1.82, 2.24) is 20.6 Å². The van der Waals surface area contributed by atoms with Crippen LogP contribution in [0.3, 0.4) is 0 Å². The van der Waals surface area contributed by atoms with Crippen molar-refractivity contribution >= 4 is 23.3 Å². The lowest BCUT2D eigenvalue weighted by molar-refractivity contribution is 0.0901. The standard InChI is InChI=1S/C20H23ClN4O2/c1-12-18(19(25-13(2)24-12)14-6-8-22-9-7-14)20(27)23-11-17(26)15-4-3-5-16(21)10-15/h3-5,10,14,22H,6-9,11H2,1-2H3,(H,23,27). The Bertz CT molecular complexity index is 863. The number of carbonyl (C=O) groups excluding carboxylic acids is 2. The zero-order valence-corrected chi connectivity index (χ0v) is 16.3. The minimum Gasteiger partial charge on any atom is -0.344 e. The van der Waals surface area contributed by atoms with Crippen molar-refractivity contribution in [3.63, 3.8) is 0 Å². The summed E-state index contributed by atoms with van der Waals surface area (Å²) in [4.78, 5) is 34.1. The lowest BCUT2D eigenvalue weighted by atomic mass is 9.90. The van der Waals surface area contributed by atoms with E-state index in [4.69, 9.17) is 11.6 Å². The number of rotatable bonds is 5. The Morgan fingerprint density at radius 2 is 1.96 bits per heavy atom. The van der Waals surface area contributed by atoms with Gasteiger partial charge < -0.3 is 10.6 Å². The first-order valence-corrected chi connectivity index (χ1v) is 9.46. The molecule has 1 aliphatic heterocycles. The summed E-state index contributed by atoms with van der Waals surface area (Å²) >= 11 is 5.93. The first kappa shape index (κ1) is 19.5. The van der Waals surface area contributed by atoms with Crippen molar-refractivity contribution in [2.45, 2.75) is 32.6 Å². The summed E-state index contributed by atoms with van der Waals surface area (Å²) < 4.78 is 0. The van der Waals surface area contributed by atoms with Gasteiger partial charge in [0.1, 0.15) is 5.82 Å². The molecule has 0 unspecified atom stereocenters. The summed E-state index contributed by atoms with van der Waals surface area (Å²) in [5.41, 5.74) is 2.39. The summed E-state index contributed by atoms with van der Waals surface area (Å²) in [6.45, 7) is 5.36. The van der Waals surface area contributed by atoms with Gasteiger partial charge in [0.2, 0.25) is 0 Å². The molecule has 0 saturated carbocycles. The number of benzene rings is 1. The number of Topliss-reactive ketones (excluding diaryl/α,β-unsaturated/α-hetero) is 1. The minimum absolute atomic E-state index is 0.0991. The number of piperidine rings is 1. The summed E-state index contributed by atoms with van der Waals surface area (Å²) in [7, 11) is 0. The first-order chi connectivity index (χ1) is 13.0. The molecule has 1 saturated heterocycles. The van der Waals surface area contributed by atoms with Crippen molar-refractivity contribution < 1.29 is 9.59 Å². The molecule has 142 valence electrons. The normalized spacial score (nSPS) is 14.8. The molecular formula is C20H23ClN4O2. The molecule has 1 amide bonds. The quantitative estimate of drug-likeness (QED) is 0.772. The molecule has 6 nitrogen and oxygen atoms in total. The fourth-order valence-corrected chi connectivity index (χ4v) is 3.61. The summed E-state index contributed by atoms with van der Waals surface area (Å²) in [6, 6.07) is 6.69. The van der Waals surface area contributed by atoms with Crippen LogP contribution in [0.5, 0.6) is 0 Å². The maximum absolute atomic E-state index is 12.9. The van der Waals surface area contributed by atoms with Crippen LogP contribution in [0.4, 0.5) is 0 Å². The Morgan fingerprint density at radius 3 is 2.67 bits per heavy atom. The molecule has 2 heterocycles. The molecule has 2 aromatic rings. The summed E-state index contributed by atoms with van der Waals surface area (Å²) in [5.74, 6) is 0.375. The van der Waals surface area contributed by atoms with Gasteiger partial charge in [0.15, 0.2) is 5.78 Å². The summed E-state index contributed by atoms with van der Waals surface area (Å²) in [5, 5.41) is 6.54. The number of ketones is 1. The fourth-order valence-electron chi connectivity index (χ4n) is 3.42.